The smallest absolute Gasteiger partial charge is 0.137 e. The Kier molecular flexibility index (Phi) is 2.56. The van der Waals surface area contributed by atoms with E-state index >= 15 is 0 Å². The van der Waals surface area contributed by atoms with Gasteiger partial charge >= 0.3 is 0 Å². The Labute approximate surface area is 90.8 Å². The maximum atomic E-state index is 5.99. The van der Waals surface area contributed by atoms with Crippen molar-refractivity contribution in [3.63, 3.8) is 0 Å². The molecule has 0 aromatic carbocycles. The molecule has 0 unspecified atom stereocenters. The number of H-pyrrole nitrogens is 1. The van der Waals surface area contributed by atoms with Crippen LogP contribution in [0.25, 0.3) is 11.0 Å². The van der Waals surface area contributed by atoms with Crippen LogP contribution in [0.2, 0.25) is 0 Å². The van der Waals surface area contributed by atoms with Crippen LogP contribution < -0.4 is 5.73 Å². The second-order valence-corrected chi connectivity index (χ2v) is 4.22. The third-order valence-corrected chi connectivity index (χ3v) is 2.80. The van der Waals surface area contributed by atoms with Crippen molar-refractivity contribution in [1.29, 1.82) is 0 Å². The molecule has 0 aliphatic rings. The first-order chi connectivity index (χ1) is 6.72. The van der Waals surface area contributed by atoms with Crippen molar-refractivity contribution in [2.75, 3.05) is 0 Å². The topological polar surface area (TPSA) is 54.7 Å². The number of halogens is 1. The summed E-state index contributed by atoms with van der Waals surface area (Å²) >= 11 is 3.41. The quantitative estimate of drug-likeness (QED) is 0.865. The molecule has 2 aromatic rings. The van der Waals surface area contributed by atoms with Crippen LogP contribution in [0.5, 0.6) is 0 Å². The molecule has 0 aliphatic heterocycles. The van der Waals surface area contributed by atoms with E-state index in [4.69, 9.17) is 5.73 Å². The molecular formula is C10H12BrN3. The van der Waals surface area contributed by atoms with Crippen molar-refractivity contribution < 1.29 is 0 Å². The minimum absolute atomic E-state index is 0.0832. The third-order valence-electron chi connectivity index (χ3n) is 2.37. The highest BCUT2D eigenvalue weighted by Crippen LogP contribution is 2.25. The zero-order chi connectivity index (χ0) is 10.1. The van der Waals surface area contributed by atoms with Crippen LogP contribution in [0, 0.1) is 0 Å². The predicted molar refractivity (Wildman–Crippen MR) is 61.0 cm³/mol. The number of rotatable bonds is 2. The first kappa shape index (κ1) is 9.68. The number of hydrogen-bond donors (Lipinski definition) is 2. The van der Waals surface area contributed by atoms with Gasteiger partial charge in [-0.1, -0.05) is 6.92 Å². The SMILES string of the molecule is CC[C@H](N)c1c[nH]c2ncc(Br)cc12. The molecule has 0 amide bonds. The summed E-state index contributed by atoms with van der Waals surface area (Å²) < 4.78 is 0.981. The van der Waals surface area contributed by atoms with Crippen molar-refractivity contribution >= 4 is 27.0 Å². The summed E-state index contributed by atoms with van der Waals surface area (Å²) in [6.07, 6.45) is 4.65. The molecule has 2 rings (SSSR count). The van der Waals surface area contributed by atoms with Gasteiger partial charge in [-0.05, 0) is 34.0 Å². The van der Waals surface area contributed by atoms with Crippen LogP contribution in [0.1, 0.15) is 24.9 Å². The van der Waals surface area contributed by atoms with Gasteiger partial charge in [0.05, 0.1) is 0 Å². The van der Waals surface area contributed by atoms with E-state index < -0.39 is 0 Å². The third kappa shape index (κ3) is 1.55. The van der Waals surface area contributed by atoms with Crippen molar-refractivity contribution in [2.45, 2.75) is 19.4 Å². The number of nitrogens with two attached hydrogens (primary N) is 1. The van der Waals surface area contributed by atoms with Gasteiger partial charge in [-0.3, -0.25) is 0 Å². The number of aromatic amines is 1. The van der Waals surface area contributed by atoms with Gasteiger partial charge < -0.3 is 10.7 Å². The molecule has 0 radical (unpaired) electrons. The highest BCUT2D eigenvalue weighted by atomic mass is 79.9. The summed E-state index contributed by atoms with van der Waals surface area (Å²) in [4.78, 5) is 7.38. The zero-order valence-corrected chi connectivity index (χ0v) is 9.51. The molecule has 4 heteroatoms. The summed E-state index contributed by atoms with van der Waals surface area (Å²) in [5, 5.41) is 1.11. The summed E-state index contributed by atoms with van der Waals surface area (Å²) in [6.45, 7) is 2.08. The number of hydrogen-bond acceptors (Lipinski definition) is 2. The van der Waals surface area contributed by atoms with Gasteiger partial charge in [0, 0.05) is 28.3 Å². The molecule has 0 fully saturated rings. The first-order valence-electron chi connectivity index (χ1n) is 4.60. The molecule has 14 heavy (non-hydrogen) atoms. The summed E-state index contributed by atoms with van der Waals surface area (Å²) in [5.74, 6) is 0. The molecular weight excluding hydrogens is 242 g/mol. The Morgan fingerprint density at radius 2 is 2.43 bits per heavy atom. The van der Waals surface area contributed by atoms with E-state index in [1.54, 1.807) is 6.20 Å². The lowest BCUT2D eigenvalue weighted by molar-refractivity contribution is 0.704. The van der Waals surface area contributed by atoms with Gasteiger partial charge in [0.25, 0.3) is 0 Å². The molecule has 1 atom stereocenters. The molecule has 3 nitrogen and oxygen atoms in total. The van der Waals surface area contributed by atoms with Crippen LogP contribution in [0.15, 0.2) is 22.9 Å². The highest BCUT2D eigenvalue weighted by Gasteiger charge is 2.10. The number of aromatic nitrogens is 2. The fourth-order valence-electron chi connectivity index (χ4n) is 1.52. The standard InChI is InChI=1S/C10H12BrN3/c1-2-9(12)8-5-14-10-7(8)3-6(11)4-13-10/h3-5,9H,2,12H2,1H3,(H,13,14)/t9-/m0/s1. The van der Waals surface area contributed by atoms with Crippen molar-refractivity contribution in [1.82, 2.24) is 9.97 Å². The van der Waals surface area contributed by atoms with Gasteiger partial charge in [-0.2, -0.15) is 0 Å². The van der Waals surface area contributed by atoms with Crippen molar-refractivity contribution in [3.8, 4) is 0 Å². The van der Waals surface area contributed by atoms with Crippen LogP contribution in [-0.4, -0.2) is 9.97 Å². The van der Waals surface area contributed by atoms with E-state index in [-0.39, 0.29) is 6.04 Å². The van der Waals surface area contributed by atoms with Gasteiger partial charge in [-0.25, -0.2) is 4.98 Å². The van der Waals surface area contributed by atoms with Crippen molar-refractivity contribution in [2.24, 2.45) is 5.73 Å². The number of nitrogens with zero attached hydrogens (tertiary/aromatic N) is 1. The molecule has 0 saturated heterocycles. The number of nitrogens with one attached hydrogen (secondary N) is 1. The Morgan fingerprint density at radius 1 is 1.64 bits per heavy atom. The molecule has 0 aliphatic carbocycles. The summed E-state index contributed by atoms with van der Waals surface area (Å²) in [7, 11) is 0. The molecule has 3 N–H and O–H groups in total. The lowest BCUT2D eigenvalue weighted by atomic mass is 10.1. The molecule has 0 bridgehead atoms. The Morgan fingerprint density at radius 3 is 3.14 bits per heavy atom. The van der Waals surface area contributed by atoms with Gasteiger partial charge in [0.2, 0.25) is 0 Å². The molecule has 0 spiro atoms. The summed E-state index contributed by atoms with van der Waals surface area (Å²) in [6, 6.07) is 2.13. The lowest BCUT2D eigenvalue weighted by Crippen LogP contribution is -2.07. The average Bonchev–Trinajstić information content (AvgIpc) is 2.59. The summed E-state index contributed by atoms with van der Waals surface area (Å²) in [5.41, 5.74) is 8.02. The Hall–Kier alpha value is -0.870. The fraction of sp³-hybridized carbons (Fsp3) is 0.300. The van der Waals surface area contributed by atoms with Crippen molar-refractivity contribution in [3.05, 3.63) is 28.5 Å². The number of fused-ring (bicyclic) bond motifs is 1. The van der Waals surface area contributed by atoms with E-state index in [1.165, 1.54) is 0 Å². The average molecular weight is 254 g/mol. The largest absolute Gasteiger partial charge is 0.346 e. The van der Waals surface area contributed by atoms with E-state index in [1.807, 2.05) is 12.3 Å². The molecule has 2 aromatic heterocycles. The lowest BCUT2D eigenvalue weighted by Gasteiger charge is -2.06. The first-order valence-corrected chi connectivity index (χ1v) is 5.39. The zero-order valence-electron chi connectivity index (χ0n) is 7.92. The predicted octanol–water partition coefficient (Wildman–Crippen LogP) is 2.74. The molecule has 74 valence electrons. The normalized spacial score (nSPS) is 13.4. The van der Waals surface area contributed by atoms with E-state index in [2.05, 4.69) is 32.8 Å². The van der Waals surface area contributed by atoms with Crippen LogP contribution in [-0.2, 0) is 0 Å². The molecule has 2 heterocycles. The van der Waals surface area contributed by atoms with Crippen LogP contribution >= 0.6 is 15.9 Å². The Bertz CT molecular complexity index is 450. The van der Waals surface area contributed by atoms with Crippen LogP contribution in [0.3, 0.4) is 0 Å². The minimum Gasteiger partial charge on any atom is -0.346 e. The monoisotopic (exact) mass is 253 g/mol. The van der Waals surface area contributed by atoms with Crippen LogP contribution in [0.4, 0.5) is 0 Å². The van der Waals surface area contributed by atoms with Gasteiger partial charge in [0.1, 0.15) is 5.65 Å². The van der Waals surface area contributed by atoms with E-state index in [0.29, 0.717) is 0 Å². The molecule has 0 saturated carbocycles. The van der Waals surface area contributed by atoms with Gasteiger partial charge in [-0.15, -0.1) is 0 Å². The highest BCUT2D eigenvalue weighted by molar-refractivity contribution is 9.10. The number of pyridine rings is 1. The fourth-order valence-corrected chi connectivity index (χ4v) is 1.86. The second-order valence-electron chi connectivity index (χ2n) is 3.31. The van der Waals surface area contributed by atoms with Gasteiger partial charge in [0.15, 0.2) is 0 Å². The maximum absolute atomic E-state index is 5.99. The Balaban J connectivity index is 2.61. The van der Waals surface area contributed by atoms with E-state index in [9.17, 15) is 0 Å². The second kappa shape index (κ2) is 3.71. The van der Waals surface area contributed by atoms with E-state index in [0.717, 1.165) is 27.5 Å². The minimum atomic E-state index is 0.0832. The maximum Gasteiger partial charge on any atom is 0.137 e.